The van der Waals surface area contributed by atoms with E-state index in [9.17, 15) is 9.59 Å². The molecule has 1 aliphatic heterocycles. The second-order valence-corrected chi connectivity index (χ2v) is 5.89. The molecular weight excluding hydrogens is 306 g/mol. The van der Waals surface area contributed by atoms with Gasteiger partial charge in [0, 0.05) is 24.5 Å². The van der Waals surface area contributed by atoms with Crippen LogP contribution >= 0.6 is 0 Å². The summed E-state index contributed by atoms with van der Waals surface area (Å²) in [6.45, 7) is 2.83. The quantitative estimate of drug-likeness (QED) is 0.788. The van der Waals surface area contributed by atoms with Crippen molar-refractivity contribution in [2.24, 2.45) is 0 Å². The molecule has 3 rings (SSSR count). The molecule has 24 heavy (non-hydrogen) atoms. The minimum atomic E-state index is -0.902. The molecule has 3 N–H and O–H groups in total. The summed E-state index contributed by atoms with van der Waals surface area (Å²) < 4.78 is 0. The summed E-state index contributed by atoms with van der Waals surface area (Å²) in [5.74, 6) is 0. The molecule has 2 aromatic rings. The average molecular weight is 325 g/mol. The maximum Gasteiger partial charge on any atom is 0.407 e. The Hall–Kier alpha value is -3.02. The first-order valence-corrected chi connectivity index (χ1v) is 7.75. The Labute approximate surface area is 140 Å². The van der Waals surface area contributed by atoms with Crippen LogP contribution in [0.1, 0.15) is 16.7 Å². The number of nitrogens with one attached hydrogen (secondary N) is 2. The fourth-order valence-corrected chi connectivity index (χ4v) is 2.81. The molecule has 0 saturated carbocycles. The summed E-state index contributed by atoms with van der Waals surface area (Å²) in [5.41, 5.74) is 4.56. The molecule has 0 aromatic heterocycles. The molecule has 0 bridgehead atoms. The summed E-state index contributed by atoms with van der Waals surface area (Å²) >= 11 is 0. The molecule has 0 radical (unpaired) electrons. The van der Waals surface area contributed by atoms with E-state index in [1.54, 1.807) is 6.07 Å². The van der Waals surface area contributed by atoms with Gasteiger partial charge in [-0.25, -0.2) is 9.59 Å². The molecule has 0 fully saturated rings. The van der Waals surface area contributed by atoms with Crippen molar-refractivity contribution < 1.29 is 14.7 Å². The van der Waals surface area contributed by atoms with Gasteiger partial charge in [-0.15, -0.1) is 0 Å². The van der Waals surface area contributed by atoms with Gasteiger partial charge in [-0.2, -0.15) is 0 Å². The molecule has 124 valence electrons. The third kappa shape index (κ3) is 3.65. The van der Waals surface area contributed by atoms with Gasteiger partial charge in [0.15, 0.2) is 0 Å². The first-order chi connectivity index (χ1) is 11.5. The predicted octanol–water partition coefficient (Wildman–Crippen LogP) is 3.68. The van der Waals surface area contributed by atoms with Gasteiger partial charge in [-0.3, -0.25) is 0 Å². The zero-order chi connectivity index (χ0) is 17.1. The standard InChI is InChI=1S/C18H19N3O3/c1-12-3-2-4-15(9-12)19-17(22)20-16-6-5-14-11-21(18(23)24)8-7-13(14)10-16/h2-6,9-10H,7-8,11H2,1H3,(H,23,24)(H2,19,20,22). The lowest BCUT2D eigenvalue weighted by Crippen LogP contribution is -2.34. The molecule has 6 heteroatoms. The highest BCUT2D eigenvalue weighted by Crippen LogP contribution is 2.23. The molecule has 0 saturated heterocycles. The normalized spacial score (nSPS) is 13.1. The van der Waals surface area contributed by atoms with E-state index in [0.29, 0.717) is 25.2 Å². The van der Waals surface area contributed by atoms with E-state index in [4.69, 9.17) is 5.11 Å². The van der Waals surface area contributed by atoms with Crippen LogP contribution in [-0.4, -0.2) is 28.7 Å². The number of nitrogens with zero attached hydrogens (tertiary/aromatic N) is 1. The van der Waals surface area contributed by atoms with Crippen LogP contribution in [0.3, 0.4) is 0 Å². The van der Waals surface area contributed by atoms with Gasteiger partial charge >= 0.3 is 12.1 Å². The number of amides is 3. The van der Waals surface area contributed by atoms with E-state index in [1.807, 2.05) is 43.3 Å². The Balaban J connectivity index is 1.66. The molecule has 0 aliphatic carbocycles. The lowest BCUT2D eigenvalue weighted by molar-refractivity contribution is 0.140. The van der Waals surface area contributed by atoms with E-state index in [-0.39, 0.29) is 6.03 Å². The number of anilines is 2. The highest BCUT2D eigenvalue weighted by molar-refractivity contribution is 5.99. The topological polar surface area (TPSA) is 81.7 Å². The number of fused-ring (bicyclic) bond motifs is 1. The maximum atomic E-state index is 12.1. The number of carbonyl (C=O) groups is 2. The number of aryl methyl sites for hydroxylation is 1. The predicted molar refractivity (Wildman–Crippen MR) is 92.4 cm³/mol. The van der Waals surface area contributed by atoms with Crippen LogP contribution in [0.5, 0.6) is 0 Å². The maximum absolute atomic E-state index is 12.1. The number of rotatable bonds is 2. The van der Waals surface area contributed by atoms with Crippen molar-refractivity contribution in [1.82, 2.24) is 4.90 Å². The number of hydrogen-bond acceptors (Lipinski definition) is 2. The SMILES string of the molecule is Cc1cccc(NC(=O)Nc2ccc3c(c2)CCN(C(=O)O)C3)c1. The van der Waals surface area contributed by atoms with Crippen LogP contribution in [-0.2, 0) is 13.0 Å². The van der Waals surface area contributed by atoms with Crippen molar-refractivity contribution in [3.05, 3.63) is 59.2 Å². The highest BCUT2D eigenvalue weighted by atomic mass is 16.4. The first-order valence-electron chi connectivity index (χ1n) is 7.75. The highest BCUT2D eigenvalue weighted by Gasteiger charge is 2.20. The van der Waals surface area contributed by atoms with Crippen LogP contribution in [0.25, 0.3) is 0 Å². The summed E-state index contributed by atoms with van der Waals surface area (Å²) in [6, 6.07) is 12.8. The lowest BCUT2D eigenvalue weighted by Gasteiger charge is -2.26. The van der Waals surface area contributed by atoms with Crippen molar-refractivity contribution in [1.29, 1.82) is 0 Å². The van der Waals surface area contributed by atoms with Crippen molar-refractivity contribution in [3.8, 4) is 0 Å². The minimum Gasteiger partial charge on any atom is -0.465 e. The first kappa shape index (κ1) is 15.9. The zero-order valence-electron chi connectivity index (χ0n) is 13.4. The summed E-state index contributed by atoms with van der Waals surface area (Å²) in [4.78, 5) is 24.5. The van der Waals surface area contributed by atoms with Crippen molar-refractivity contribution in [3.63, 3.8) is 0 Å². The minimum absolute atomic E-state index is 0.302. The Morgan fingerprint density at radius 3 is 2.50 bits per heavy atom. The molecule has 0 atom stereocenters. The Kier molecular flexibility index (Phi) is 4.37. The molecule has 0 unspecified atom stereocenters. The van der Waals surface area contributed by atoms with E-state index >= 15 is 0 Å². The fourth-order valence-electron chi connectivity index (χ4n) is 2.81. The number of carboxylic acid groups (broad SMARTS) is 1. The van der Waals surface area contributed by atoms with Gasteiger partial charge in [0.2, 0.25) is 0 Å². The molecular formula is C18H19N3O3. The molecule has 3 amide bonds. The molecule has 6 nitrogen and oxygen atoms in total. The lowest BCUT2D eigenvalue weighted by atomic mass is 9.99. The van der Waals surface area contributed by atoms with Gasteiger partial charge in [0.1, 0.15) is 0 Å². The molecule has 1 heterocycles. The molecule has 1 aliphatic rings. The summed E-state index contributed by atoms with van der Waals surface area (Å²) in [5, 5.41) is 14.7. The third-order valence-corrected chi connectivity index (χ3v) is 4.02. The van der Waals surface area contributed by atoms with Crippen molar-refractivity contribution in [2.75, 3.05) is 17.2 Å². The van der Waals surface area contributed by atoms with Crippen molar-refractivity contribution in [2.45, 2.75) is 19.9 Å². The number of hydrogen-bond donors (Lipinski definition) is 3. The Morgan fingerprint density at radius 2 is 1.79 bits per heavy atom. The zero-order valence-corrected chi connectivity index (χ0v) is 13.4. The summed E-state index contributed by atoms with van der Waals surface area (Å²) in [6.07, 6.45) is -0.253. The number of urea groups is 1. The van der Waals surface area contributed by atoms with E-state index < -0.39 is 6.09 Å². The Morgan fingerprint density at radius 1 is 1.04 bits per heavy atom. The third-order valence-electron chi connectivity index (χ3n) is 4.02. The largest absolute Gasteiger partial charge is 0.465 e. The second-order valence-electron chi connectivity index (χ2n) is 5.89. The van der Waals surface area contributed by atoms with Gasteiger partial charge in [-0.05, 0) is 54.3 Å². The van der Waals surface area contributed by atoms with Gasteiger partial charge < -0.3 is 20.6 Å². The van der Waals surface area contributed by atoms with Gasteiger partial charge in [0.05, 0.1) is 0 Å². The molecule has 2 aromatic carbocycles. The van der Waals surface area contributed by atoms with Crippen LogP contribution < -0.4 is 10.6 Å². The Bertz CT molecular complexity index is 789. The average Bonchev–Trinajstić information content (AvgIpc) is 2.54. The fraction of sp³-hybridized carbons (Fsp3) is 0.222. The second kappa shape index (κ2) is 6.62. The monoisotopic (exact) mass is 325 g/mol. The van der Waals surface area contributed by atoms with E-state index in [0.717, 1.165) is 22.4 Å². The van der Waals surface area contributed by atoms with E-state index in [1.165, 1.54) is 4.90 Å². The van der Waals surface area contributed by atoms with Crippen LogP contribution in [0.4, 0.5) is 21.0 Å². The molecule has 0 spiro atoms. The van der Waals surface area contributed by atoms with Crippen LogP contribution in [0.2, 0.25) is 0 Å². The summed E-state index contributed by atoms with van der Waals surface area (Å²) in [7, 11) is 0. The van der Waals surface area contributed by atoms with Crippen LogP contribution in [0, 0.1) is 6.92 Å². The van der Waals surface area contributed by atoms with Crippen molar-refractivity contribution >= 4 is 23.5 Å². The van der Waals surface area contributed by atoms with Gasteiger partial charge in [0.25, 0.3) is 0 Å². The smallest absolute Gasteiger partial charge is 0.407 e. The number of benzene rings is 2. The van der Waals surface area contributed by atoms with Gasteiger partial charge in [-0.1, -0.05) is 18.2 Å². The number of carbonyl (C=O) groups excluding carboxylic acids is 1. The van der Waals surface area contributed by atoms with Crippen LogP contribution in [0.15, 0.2) is 42.5 Å². The van der Waals surface area contributed by atoms with E-state index in [2.05, 4.69) is 10.6 Å².